The van der Waals surface area contributed by atoms with Gasteiger partial charge in [-0.15, -0.1) is 0 Å². The Bertz CT molecular complexity index is 666. The number of nitriles is 1. The summed E-state index contributed by atoms with van der Waals surface area (Å²) in [5.41, 5.74) is 1.52. The van der Waals surface area contributed by atoms with E-state index in [9.17, 15) is 9.90 Å². The average Bonchev–Trinajstić information content (AvgIpc) is 2.32. The number of aromatic hydroxyl groups is 1. The largest absolute Gasteiger partial charge is 0.508 e. The average molecular weight is 226 g/mol. The molecule has 0 unspecified atom stereocenters. The van der Waals surface area contributed by atoms with Crippen LogP contribution < -0.4 is 5.56 Å². The first-order valence-electron chi connectivity index (χ1n) is 5.02. The van der Waals surface area contributed by atoms with Crippen molar-refractivity contribution in [3.8, 4) is 22.9 Å². The van der Waals surface area contributed by atoms with Crippen LogP contribution in [0.1, 0.15) is 5.56 Å². The van der Waals surface area contributed by atoms with E-state index >= 15 is 0 Å². The third-order valence-electron chi connectivity index (χ3n) is 2.54. The van der Waals surface area contributed by atoms with Gasteiger partial charge in [-0.05, 0) is 35.4 Å². The summed E-state index contributed by atoms with van der Waals surface area (Å²) in [4.78, 5) is 11.5. The number of pyridine rings is 1. The van der Waals surface area contributed by atoms with Crippen molar-refractivity contribution < 1.29 is 5.11 Å². The Morgan fingerprint density at radius 3 is 2.71 bits per heavy atom. The zero-order valence-electron chi connectivity index (χ0n) is 9.21. The number of phenolic OH excluding ortho intramolecular Hbond substituents is 1. The lowest BCUT2D eigenvalue weighted by molar-refractivity contribution is 0.475. The van der Waals surface area contributed by atoms with Gasteiger partial charge in [0.25, 0.3) is 5.56 Å². The van der Waals surface area contributed by atoms with Crippen molar-refractivity contribution in [3.63, 3.8) is 0 Å². The van der Waals surface area contributed by atoms with E-state index in [1.807, 2.05) is 6.07 Å². The van der Waals surface area contributed by atoms with Crippen molar-refractivity contribution in [2.75, 3.05) is 0 Å². The van der Waals surface area contributed by atoms with E-state index < -0.39 is 0 Å². The molecule has 0 bridgehead atoms. The fraction of sp³-hybridized carbons (Fsp3) is 0.0769. The minimum atomic E-state index is -0.139. The zero-order valence-corrected chi connectivity index (χ0v) is 9.21. The molecule has 4 nitrogen and oxygen atoms in total. The van der Waals surface area contributed by atoms with Gasteiger partial charge in [-0.3, -0.25) is 4.79 Å². The third kappa shape index (κ3) is 2.04. The maximum absolute atomic E-state index is 11.5. The molecule has 0 fully saturated rings. The highest BCUT2D eigenvalue weighted by molar-refractivity contribution is 5.71. The van der Waals surface area contributed by atoms with Gasteiger partial charge in [0.2, 0.25) is 0 Å². The Morgan fingerprint density at radius 2 is 2.06 bits per heavy atom. The number of rotatable bonds is 1. The van der Waals surface area contributed by atoms with Crippen molar-refractivity contribution in [2.24, 2.45) is 7.05 Å². The molecule has 2 aromatic rings. The van der Waals surface area contributed by atoms with E-state index in [1.54, 1.807) is 25.4 Å². The molecule has 4 heteroatoms. The van der Waals surface area contributed by atoms with Gasteiger partial charge < -0.3 is 9.67 Å². The molecule has 1 aromatic carbocycles. The minimum absolute atomic E-state index is 0.0362. The van der Waals surface area contributed by atoms with Gasteiger partial charge in [-0.1, -0.05) is 0 Å². The van der Waals surface area contributed by atoms with E-state index in [0.717, 1.165) is 0 Å². The number of benzene rings is 1. The third-order valence-corrected chi connectivity index (χ3v) is 2.54. The topological polar surface area (TPSA) is 66.0 Å². The molecule has 0 saturated carbocycles. The molecule has 0 radical (unpaired) electrons. The van der Waals surface area contributed by atoms with Gasteiger partial charge in [-0.2, -0.15) is 5.26 Å². The van der Waals surface area contributed by atoms with Crippen LogP contribution in [0, 0.1) is 11.3 Å². The Balaban J connectivity index is 2.65. The van der Waals surface area contributed by atoms with E-state index in [2.05, 4.69) is 0 Å². The Labute approximate surface area is 98.0 Å². The number of hydrogen-bond acceptors (Lipinski definition) is 3. The number of nitrogens with zero attached hydrogens (tertiary/aromatic N) is 2. The van der Waals surface area contributed by atoms with Crippen LogP contribution in [-0.2, 0) is 7.05 Å². The lowest BCUT2D eigenvalue weighted by Gasteiger charge is -2.05. The first-order valence-corrected chi connectivity index (χ1v) is 5.02. The molecule has 0 atom stereocenters. The fourth-order valence-corrected chi connectivity index (χ4v) is 1.59. The molecule has 1 aromatic heterocycles. The van der Waals surface area contributed by atoms with Crippen LogP contribution in [0.2, 0.25) is 0 Å². The maximum Gasteiger partial charge on any atom is 0.250 e. The van der Waals surface area contributed by atoms with Crippen molar-refractivity contribution in [2.45, 2.75) is 0 Å². The first kappa shape index (κ1) is 11.0. The second-order valence-electron chi connectivity index (χ2n) is 3.71. The highest BCUT2D eigenvalue weighted by Gasteiger charge is 2.06. The van der Waals surface area contributed by atoms with Crippen LogP contribution in [-0.4, -0.2) is 9.67 Å². The van der Waals surface area contributed by atoms with Crippen LogP contribution in [0.15, 0.2) is 41.3 Å². The quantitative estimate of drug-likeness (QED) is 0.803. The minimum Gasteiger partial charge on any atom is -0.508 e. The van der Waals surface area contributed by atoms with Crippen LogP contribution >= 0.6 is 0 Å². The van der Waals surface area contributed by atoms with Crippen LogP contribution in [0.5, 0.6) is 5.75 Å². The number of hydrogen-bond donors (Lipinski definition) is 1. The SMILES string of the molecule is Cn1ccc(-c2ccc(O)cc2C#N)cc1=O. The van der Waals surface area contributed by atoms with E-state index in [1.165, 1.54) is 22.8 Å². The standard InChI is InChI=1S/C13H10N2O2/c1-15-5-4-9(7-13(15)17)12-3-2-11(16)6-10(12)8-14/h2-7,16H,1H3. The first-order chi connectivity index (χ1) is 8.11. The molecule has 0 aliphatic carbocycles. The number of phenols is 1. The van der Waals surface area contributed by atoms with Gasteiger partial charge in [0.15, 0.2) is 0 Å². The Hall–Kier alpha value is -2.54. The summed E-state index contributed by atoms with van der Waals surface area (Å²) in [6.07, 6.45) is 1.64. The molecule has 17 heavy (non-hydrogen) atoms. The van der Waals surface area contributed by atoms with Gasteiger partial charge >= 0.3 is 0 Å². The molecule has 1 heterocycles. The summed E-state index contributed by atoms with van der Waals surface area (Å²) in [5.74, 6) is 0.0362. The monoisotopic (exact) mass is 226 g/mol. The second kappa shape index (κ2) is 4.14. The number of aromatic nitrogens is 1. The molecule has 84 valence electrons. The maximum atomic E-state index is 11.5. The molecular formula is C13H10N2O2. The van der Waals surface area contributed by atoms with Crippen molar-refractivity contribution in [1.82, 2.24) is 4.57 Å². The van der Waals surface area contributed by atoms with Crippen molar-refractivity contribution in [1.29, 1.82) is 5.26 Å². The van der Waals surface area contributed by atoms with E-state index in [4.69, 9.17) is 5.26 Å². The molecular weight excluding hydrogens is 216 g/mol. The molecule has 0 spiro atoms. The molecule has 0 saturated heterocycles. The lowest BCUT2D eigenvalue weighted by Crippen LogP contribution is -2.14. The van der Waals surface area contributed by atoms with E-state index in [-0.39, 0.29) is 11.3 Å². The second-order valence-corrected chi connectivity index (χ2v) is 3.71. The molecule has 2 rings (SSSR count). The zero-order chi connectivity index (χ0) is 12.4. The highest BCUT2D eigenvalue weighted by Crippen LogP contribution is 2.25. The Kier molecular flexibility index (Phi) is 2.67. The fourth-order valence-electron chi connectivity index (χ4n) is 1.59. The van der Waals surface area contributed by atoms with Gasteiger partial charge in [0.1, 0.15) is 5.75 Å². The lowest BCUT2D eigenvalue weighted by atomic mass is 10.0. The highest BCUT2D eigenvalue weighted by atomic mass is 16.3. The molecule has 0 aliphatic rings. The normalized spacial score (nSPS) is 9.88. The van der Waals surface area contributed by atoms with Crippen molar-refractivity contribution in [3.05, 3.63) is 52.4 Å². The van der Waals surface area contributed by atoms with Crippen LogP contribution in [0.25, 0.3) is 11.1 Å². The summed E-state index contributed by atoms with van der Waals surface area (Å²) in [6, 6.07) is 9.73. The molecule has 1 N–H and O–H groups in total. The summed E-state index contributed by atoms with van der Waals surface area (Å²) in [7, 11) is 1.66. The predicted octanol–water partition coefficient (Wildman–Crippen LogP) is 1.63. The number of aryl methyl sites for hydroxylation is 1. The van der Waals surface area contributed by atoms with Gasteiger partial charge in [-0.25, -0.2) is 0 Å². The predicted molar refractivity (Wildman–Crippen MR) is 63.5 cm³/mol. The van der Waals surface area contributed by atoms with E-state index in [0.29, 0.717) is 16.7 Å². The van der Waals surface area contributed by atoms with Crippen molar-refractivity contribution >= 4 is 0 Å². The van der Waals surface area contributed by atoms with Gasteiger partial charge in [0.05, 0.1) is 11.6 Å². The molecule has 0 aliphatic heterocycles. The summed E-state index contributed by atoms with van der Waals surface area (Å²) in [6.45, 7) is 0. The van der Waals surface area contributed by atoms with Crippen LogP contribution in [0.4, 0.5) is 0 Å². The van der Waals surface area contributed by atoms with Crippen LogP contribution in [0.3, 0.4) is 0 Å². The molecule has 0 amide bonds. The smallest absolute Gasteiger partial charge is 0.250 e. The summed E-state index contributed by atoms with van der Waals surface area (Å²) >= 11 is 0. The summed E-state index contributed by atoms with van der Waals surface area (Å²) in [5, 5.41) is 18.3. The summed E-state index contributed by atoms with van der Waals surface area (Å²) < 4.78 is 1.45. The van der Waals surface area contributed by atoms with Gasteiger partial charge in [0, 0.05) is 19.3 Å². The Morgan fingerprint density at radius 1 is 1.29 bits per heavy atom.